The lowest BCUT2D eigenvalue weighted by Gasteiger charge is -2.05. The van der Waals surface area contributed by atoms with Gasteiger partial charge in [-0.25, -0.2) is 0 Å². The fraction of sp³-hybridized carbons (Fsp3) is 0.231. The molecule has 1 heterocycles. The first-order valence-electron chi connectivity index (χ1n) is 5.41. The summed E-state index contributed by atoms with van der Waals surface area (Å²) in [6.07, 6.45) is 0.817. The van der Waals surface area contributed by atoms with E-state index in [4.69, 9.17) is 9.26 Å². The summed E-state index contributed by atoms with van der Waals surface area (Å²) in [7, 11) is 0. The molecular formula is C13H13NO3. The van der Waals surface area contributed by atoms with Gasteiger partial charge in [0.15, 0.2) is 6.29 Å². The van der Waals surface area contributed by atoms with Crippen LogP contribution in [0.3, 0.4) is 0 Å². The van der Waals surface area contributed by atoms with Crippen molar-refractivity contribution in [2.24, 2.45) is 0 Å². The van der Waals surface area contributed by atoms with Gasteiger partial charge in [0, 0.05) is 11.1 Å². The van der Waals surface area contributed by atoms with Crippen molar-refractivity contribution in [2.75, 3.05) is 6.61 Å². The van der Waals surface area contributed by atoms with Crippen LogP contribution in [0.2, 0.25) is 0 Å². The summed E-state index contributed by atoms with van der Waals surface area (Å²) in [5, 5.41) is 3.84. The molecule has 0 N–H and O–H groups in total. The summed E-state index contributed by atoms with van der Waals surface area (Å²) in [5.74, 6) is 1.07. The number of hydrogen-bond acceptors (Lipinski definition) is 4. The highest BCUT2D eigenvalue weighted by Gasteiger charge is 2.18. The quantitative estimate of drug-likeness (QED) is 0.759. The van der Waals surface area contributed by atoms with Gasteiger partial charge in [0.1, 0.15) is 5.76 Å². The van der Waals surface area contributed by atoms with Crippen molar-refractivity contribution in [3.8, 4) is 17.0 Å². The van der Waals surface area contributed by atoms with Crippen molar-refractivity contribution < 1.29 is 14.1 Å². The average molecular weight is 231 g/mol. The number of nitrogens with zero attached hydrogens (tertiary/aromatic N) is 1. The van der Waals surface area contributed by atoms with E-state index in [-0.39, 0.29) is 0 Å². The first-order valence-corrected chi connectivity index (χ1v) is 5.41. The third kappa shape index (κ3) is 2.06. The van der Waals surface area contributed by atoms with Gasteiger partial charge in [-0.1, -0.05) is 24.3 Å². The summed E-state index contributed by atoms with van der Waals surface area (Å²) in [5.41, 5.74) is 2.12. The van der Waals surface area contributed by atoms with Crippen LogP contribution in [0.25, 0.3) is 11.1 Å². The molecule has 0 bridgehead atoms. The number of carbonyl (C=O) groups is 1. The first kappa shape index (κ1) is 11.4. The van der Waals surface area contributed by atoms with E-state index in [2.05, 4.69) is 5.16 Å². The molecule has 4 heteroatoms. The Bertz CT molecular complexity index is 531. The molecular weight excluding hydrogens is 218 g/mol. The summed E-state index contributed by atoms with van der Waals surface area (Å²) in [4.78, 5) is 11.0. The Balaban J connectivity index is 2.59. The summed E-state index contributed by atoms with van der Waals surface area (Å²) < 4.78 is 10.5. The predicted octanol–water partition coefficient (Wildman–Crippen LogP) is 2.86. The molecule has 4 nitrogen and oxygen atoms in total. The van der Waals surface area contributed by atoms with Crippen molar-refractivity contribution in [3.63, 3.8) is 0 Å². The van der Waals surface area contributed by atoms with E-state index in [0.717, 1.165) is 17.4 Å². The topological polar surface area (TPSA) is 52.3 Å². The van der Waals surface area contributed by atoms with Crippen molar-refractivity contribution >= 4 is 6.29 Å². The van der Waals surface area contributed by atoms with Gasteiger partial charge < -0.3 is 9.26 Å². The third-order valence-corrected chi connectivity index (χ3v) is 2.47. The van der Waals surface area contributed by atoms with E-state index in [1.165, 1.54) is 0 Å². The van der Waals surface area contributed by atoms with Gasteiger partial charge >= 0.3 is 0 Å². The molecule has 17 heavy (non-hydrogen) atoms. The smallest absolute Gasteiger partial charge is 0.262 e. The Morgan fingerprint density at radius 3 is 2.88 bits per heavy atom. The molecule has 2 rings (SSSR count). The highest BCUT2D eigenvalue weighted by Crippen LogP contribution is 2.34. The Hall–Kier alpha value is -2.10. The number of aromatic nitrogens is 1. The number of aldehydes is 1. The maximum Gasteiger partial charge on any atom is 0.262 e. The van der Waals surface area contributed by atoms with Gasteiger partial charge in [0.2, 0.25) is 0 Å². The molecule has 0 amide bonds. The van der Waals surface area contributed by atoms with E-state index in [1.807, 2.05) is 25.1 Å². The highest BCUT2D eigenvalue weighted by molar-refractivity contribution is 5.89. The zero-order chi connectivity index (χ0) is 12.3. The number of hydrogen-bond donors (Lipinski definition) is 0. The lowest BCUT2D eigenvalue weighted by Crippen LogP contribution is -1.95. The van der Waals surface area contributed by atoms with Crippen LogP contribution in [0, 0.1) is 6.92 Å². The fourth-order valence-electron chi connectivity index (χ4n) is 1.72. The largest absolute Gasteiger partial charge is 0.475 e. The van der Waals surface area contributed by atoms with E-state index >= 15 is 0 Å². The molecule has 0 aliphatic heterocycles. The van der Waals surface area contributed by atoms with Gasteiger partial charge in [-0.15, -0.1) is 0 Å². The minimum absolute atomic E-state index is 0.430. The molecule has 0 aliphatic carbocycles. The van der Waals surface area contributed by atoms with Crippen molar-refractivity contribution in [1.82, 2.24) is 5.16 Å². The third-order valence-electron chi connectivity index (χ3n) is 2.47. The van der Waals surface area contributed by atoms with Gasteiger partial charge in [0.25, 0.3) is 5.88 Å². The molecule has 0 spiro atoms. The van der Waals surface area contributed by atoms with Crippen molar-refractivity contribution in [1.29, 1.82) is 0 Å². The summed E-state index contributed by atoms with van der Waals surface area (Å²) in [6, 6.07) is 7.29. The molecule has 0 radical (unpaired) electrons. The fourth-order valence-corrected chi connectivity index (χ4v) is 1.72. The summed E-state index contributed by atoms with van der Waals surface area (Å²) >= 11 is 0. The molecule has 1 aromatic carbocycles. The number of aryl methyl sites for hydroxylation is 1. The molecule has 1 aromatic heterocycles. The number of rotatable bonds is 4. The highest BCUT2D eigenvalue weighted by atomic mass is 16.5. The Kier molecular flexibility index (Phi) is 3.23. The van der Waals surface area contributed by atoms with Gasteiger partial charge in [0.05, 0.1) is 12.2 Å². The normalized spacial score (nSPS) is 10.2. The first-order chi connectivity index (χ1) is 8.27. The maximum atomic E-state index is 11.0. The molecule has 0 saturated carbocycles. The molecule has 0 aliphatic rings. The van der Waals surface area contributed by atoms with Crippen molar-refractivity contribution in [2.45, 2.75) is 13.8 Å². The lowest BCUT2D eigenvalue weighted by atomic mass is 10.0. The van der Waals surface area contributed by atoms with Crippen LogP contribution in [0.15, 0.2) is 28.8 Å². The number of benzene rings is 1. The summed E-state index contributed by atoms with van der Waals surface area (Å²) in [6.45, 7) is 4.17. The molecule has 0 fully saturated rings. The van der Waals surface area contributed by atoms with Crippen LogP contribution < -0.4 is 4.74 Å². The van der Waals surface area contributed by atoms with E-state index in [1.54, 1.807) is 13.0 Å². The second-order valence-electron chi connectivity index (χ2n) is 3.56. The predicted molar refractivity (Wildman–Crippen MR) is 63.2 cm³/mol. The van der Waals surface area contributed by atoms with E-state index in [9.17, 15) is 4.79 Å². The lowest BCUT2D eigenvalue weighted by molar-refractivity contribution is 0.112. The second-order valence-corrected chi connectivity index (χ2v) is 3.56. The monoisotopic (exact) mass is 231 g/mol. The van der Waals surface area contributed by atoms with Crippen LogP contribution in [-0.4, -0.2) is 18.0 Å². The maximum absolute atomic E-state index is 11.0. The minimum atomic E-state index is 0.430. The van der Waals surface area contributed by atoms with Crippen LogP contribution in [0.4, 0.5) is 0 Å². The minimum Gasteiger partial charge on any atom is -0.475 e. The Morgan fingerprint density at radius 2 is 2.18 bits per heavy atom. The number of ether oxygens (including phenoxy) is 1. The van der Waals surface area contributed by atoms with Crippen LogP contribution in [-0.2, 0) is 0 Å². The molecule has 0 unspecified atom stereocenters. The average Bonchev–Trinajstić information content (AvgIpc) is 2.71. The van der Waals surface area contributed by atoms with Crippen molar-refractivity contribution in [3.05, 3.63) is 35.6 Å². The molecule has 88 valence electrons. The van der Waals surface area contributed by atoms with Gasteiger partial charge in [-0.05, 0) is 19.0 Å². The molecule has 0 atom stereocenters. The zero-order valence-electron chi connectivity index (χ0n) is 9.77. The van der Waals surface area contributed by atoms with Crippen LogP contribution >= 0.6 is 0 Å². The number of carbonyl (C=O) groups excluding carboxylic acids is 1. The SMILES string of the molecule is CCOc1noc(C)c1-c1ccccc1C=O. The zero-order valence-corrected chi connectivity index (χ0v) is 9.77. The van der Waals surface area contributed by atoms with Gasteiger partial charge in [-0.2, -0.15) is 0 Å². The standard InChI is InChI=1S/C13H13NO3/c1-3-16-13-12(9(2)17-14-13)11-7-5-4-6-10(11)8-15/h4-8H,3H2,1-2H3. The van der Waals surface area contributed by atoms with Crippen LogP contribution in [0.5, 0.6) is 5.88 Å². The second kappa shape index (κ2) is 4.82. The van der Waals surface area contributed by atoms with Crippen LogP contribution in [0.1, 0.15) is 23.0 Å². The molecule has 2 aromatic rings. The van der Waals surface area contributed by atoms with E-state index in [0.29, 0.717) is 23.8 Å². The van der Waals surface area contributed by atoms with Gasteiger partial charge in [-0.3, -0.25) is 4.79 Å². The molecule has 0 saturated heterocycles. The Morgan fingerprint density at radius 1 is 1.41 bits per heavy atom. The Labute approximate surface area is 99.2 Å². The van der Waals surface area contributed by atoms with E-state index < -0.39 is 0 Å².